The number of halogens is 1. The van der Waals surface area contributed by atoms with E-state index in [0.717, 1.165) is 0 Å². The van der Waals surface area contributed by atoms with Crippen LogP contribution in [0.1, 0.15) is 0 Å². The zero-order valence-electron chi connectivity index (χ0n) is 8.93. The van der Waals surface area contributed by atoms with Crippen LogP contribution < -0.4 is 5.32 Å². The number of rotatable bonds is 7. The molecule has 0 saturated carbocycles. The van der Waals surface area contributed by atoms with E-state index in [1.807, 2.05) is 0 Å². The van der Waals surface area contributed by atoms with Crippen molar-refractivity contribution in [2.24, 2.45) is 0 Å². The van der Waals surface area contributed by atoms with Gasteiger partial charge in [0.15, 0.2) is 0 Å². The highest BCUT2D eigenvalue weighted by molar-refractivity contribution is 9.10. The molecule has 0 fully saturated rings. The summed E-state index contributed by atoms with van der Waals surface area (Å²) < 4.78 is 5.56. The Labute approximate surface area is 106 Å². The van der Waals surface area contributed by atoms with Crippen LogP contribution in [0.25, 0.3) is 0 Å². The molecule has 1 rings (SSSR count). The van der Waals surface area contributed by atoms with Crippen LogP contribution >= 0.6 is 15.9 Å². The summed E-state index contributed by atoms with van der Waals surface area (Å²) in [7, 11) is 0. The van der Waals surface area contributed by atoms with E-state index in [1.54, 1.807) is 0 Å². The van der Waals surface area contributed by atoms with Gasteiger partial charge in [0.25, 0.3) is 5.69 Å². The van der Waals surface area contributed by atoms with Crippen molar-refractivity contribution in [2.45, 2.75) is 0 Å². The van der Waals surface area contributed by atoms with Gasteiger partial charge in [-0.05, 0) is 15.9 Å². The molecule has 2 N–H and O–H groups in total. The molecule has 8 heteroatoms. The van der Waals surface area contributed by atoms with Crippen molar-refractivity contribution in [1.82, 2.24) is 4.98 Å². The van der Waals surface area contributed by atoms with Gasteiger partial charge < -0.3 is 15.2 Å². The molecule has 0 spiro atoms. The van der Waals surface area contributed by atoms with E-state index in [1.165, 1.54) is 12.3 Å². The maximum absolute atomic E-state index is 10.5. The maximum atomic E-state index is 10.5. The fraction of sp³-hybridized carbons (Fsp3) is 0.444. The number of nitrogens with one attached hydrogen (secondary N) is 1. The summed E-state index contributed by atoms with van der Waals surface area (Å²) in [6.07, 6.45) is 1.18. The predicted molar refractivity (Wildman–Crippen MR) is 65.0 cm³/mol. The highest BCUT2D eigenvalue weighted by atomic mass is 79.9. The molecule has 7 nitrogen and oxygen atoms in total. The van der Waals surface area contributed by atoms with Gasteiger partial charge in [-0.3, -0.25) is 10.1 Å². The van der Waals surface area contributed by atoms with Crippen LogP contribution in [0.5, 0.6) is 0 Å². The van der Waals surface area contributed by atoms with Crippen LogP contribution in [0.3, 0.4) is 0 Å². The number of ether oxygens (including phenoxy) is 1. The molecule has 0 aliphatic heterocycles. The summed E-state index contributed by atoms with van der Waals surface area (Å²) in [5, 5.41) is 21.9. The fourth-order valence-corrected chi connectivity index (χ4v) is 1.54. The molecule has 1 heterocycles. The molecule has 1 aromatic rings. The van der Waals surface area contributed by atoms with Gasteiger partial charge in [-0.15, -0.1) is 0 Å². The summed E-state index contributed by atoms with van der Waals surface area (Å²) in [5.41, 5.74) is -0.0704. The number of hydrogen-bond acceptors (Lipinski definition) is 6. The largest absolute Gasteiger partial charge is 0.394 e. The Balaban J connectivity index is 2.46. The van der Waals surface area contributed by atoms with Crippen LogP contribution in [-0.2, 0) is 4.74 Å². The Morgan fingerprint density at radius 1 is 1.59 bits per heavy atom. The minimum atomic E-state index is -0.508. The number of nitrogens with zero attached hydrogens (tertiary/aromatic N) is 2. The quantitative estimate of drug-likeness (QED) is 0.446. The van der Waals surface area contributed by atoms with Gasteiger partial charge in [-0.1, -0.05) is 0 Å². The van der Waals surface area contributed by atoms with Crippen molar-refractivity contribution >= 4 is 27.4 Å². The van der Waals surface area contributed by atoms with Gasteiger partial charge in [0.05, 0.1) is 29.2 Å². The molecule has 0 aromatic carbocycles. The van der Waals surface area contributed by atoms with Crippen LogP contribution in [0.15, 0.2) is 16.7 Å². The van der Waals surface area contributed by atoms with Gasteiger partial charge in [0.2, 0.25) is 0 Å². The molecular weight excluding hydrogens is 294 g/mol. The monoisotopic (exact) mass is 305 g/mol. The van der Waals surface area contributed by atoms with Gasteiger partial charge in [0, 0.05) is 12.6 Å². The van der Waals surface area contributed by atoms with Crippen molar-refractivity contribution in [3.8, 4) is 0 Å². The third-order valence-electron chi connectivity index (χ3n) is 1.81. The van der Waals surface area contributed by atoms with Gasteiger partial charge in [0.1, 0.15) is 12.0 Å². The van der Waals surface area contributed by atoms with E-state index in [-0.39, 0.29) is 18.9 Å². The van der Waals surface area contributed by atoms with Crippen molar-refractivity contribution in [3.05, 3.63) is 26.9 Å². The first-order valence-electron chi connectivity index (χ1n) is 4.87. The van der Waals surface area contributed by atoms with Crippen molar-refractivity contribution in [1.29, 1.82) is 0 Å². The zero-order chi connectivity index (χ0) is 12.7. The summed E-state index contributed by atoms with van der Waals surface area (Å²) in [6.45, 7) is 1.20. The number of hydrogen-bond donors (Lipinski definition) is 2. The lowest BCUT2D eigenvalue weighted by Crippen LogP contribution is -2.12. The first-order chi connectivity index (χ1) is 8.15. The van der Waals surface area contributed by atoms with Gasteiger partial charge >= 0.3 is 0 Å². The van der Waals surface area contributed by atoms with Crippen LogP contribution in [0.2, 0.25) is 0 Å². The smallest absolute Gasteiger partial charge is 0.288 e. The highest BCUT2D eigenvalue weighted by Gasteiger charge is 2.09. The Bertz CT molecular complexity index is 389. The highest BCUT2D eigenvalue weighted by Crippen LogP contribution is 2.23. The van der Waals surface area contributed by atoms with Crippen molar-refractivity contribution in [3.63, 3.8) is 0 Å². The molecule has 0 radical (unpaired) electrons. The van der Waals surface area contributed by atoms with Gasteiger partial charge in [-0.2, -0.15) is 0 Å². The first-order valence-corrected chi connectivity index (χ1v) is 5.67. The van der Waals surface area contributed by atoms with E-state index in [0.29, 0.717) is 23.4 Å². The molecule has 1 aromatic heterocycles. The third-order valence-corrected chi connectivity index (χ3v) is 2.42. The molecule has 94 valence electrons. The summed E-state index contributed by atoms with van der Waals surface area (Å²) in [5.74, 6) is 0.517. The zero-order valence-corrected chi connectivity index (χ0v) is 10.5. The van der Waals surface area contributed by atoms with Crippen LogP contribution in [0.4, 0.5) is 11.5 Å². The predicted octanol–water partition coefficient (Wildman–Crippen LogP) is 1.17. The second-order valence-electron chi connectivity index (χ2n) is 3.04. The van der Waals surface area contributed by atoms with E-state index >= 15 is 0 Å². The Hall–Kier alpha value is -1.25. The van der Waals surface area contributed by atoms with E-state index < -0.39 is 4.92 Å². The number of nitro groups is 1. The topological polar surface area (TPSA) is 97.5 Å². The van der Waals surface area contributed by atoms with E-state index in [2.05, 4.69) is 26.2 Å². The lowest BCUT2D eigenvalue weighted by atomic mass is 10.4. The molecule has 0 atom stereocenters. The Kier molecular flexibility index (Phi) is 5.81. The summed E-state index contributed by atoms with van der Waals surface area (Å²) in [6, 6.07) is 1.38. The molecule has 0 bridgehead atoms. The first kappa shape index (κ1) is 13.8. The van der Waals surface area contributed by atoms with E-state index in [9.17, 15) is 10.1 Å². The Morgan fingerprint density at radius 2 is 2.35 bits per heavy atom. The molecule has 0 aliphatic carbocycles. The fourth-order valence-electron chi connectivity index (χ4n) is 1.07. The second-order valence-corrected chi connectivity index (χ2v) is 3.90. The molecular formula is C9H12BrN3O4. The number of aliphatic hydroxyl groups is 1. The van der Waals surface area contributed by atoms with E-state index in [4.69, 9.17) is 9.84 Å². The molecule has 0 saturated heterocycles. The minimum Gasteiger partial charge on any atom is -0.394 e. The maximum Gasteiger partial charge on any atom is 0.288 e. The third kappa shape index (κ3) is 4.63. The molecule has 0 amide bonds. The van der Waals surface area contributed by atoms with Crippen LogP contribution in [0, 0.1) is 10.1 Å². The summed E-state index contributed by atoms with van der Waals surface area (Å²) in [4.78, 5) is 13.9. The van der Waals surface area contributed by atoms with Crippen molar-refractivity contribution in [2.75, 3.05) is 31.7 Å². The lowest BCUT2D eigenvalue weighted by molar-refractivity contribution is -0.385. The Morgan fingerprint density at radius 3 is 2.94 bits per heavy atom. The number of aromatic nitrogens is 1. The molecule has 0 unspecified atom stereocenters. The average molecular weight is 306 g/mol. The number of aliphatic hydroxyl groups excluding tert-OH is 1. The minimum absolute atomic E-state index is 0.0144. The molecule has 17 heavy (non-hydrogen) atoms. The van der Waals surface area contributed by atoms with Gasteiger partial charge in [-0.25, -0.2) is 4.98 Å². The molecule has 0 aliphatic rings. The second kappa shape index (κ2) is 7.15. The normalized spacial score (nSPS) is 10.2. The SMILES string of the molecule is O=[N+]([O-])c1cnc(NCCOCCO)c(Br)c1. The number of anilines is 1. The number of pyridine rings is 1. The summed E-state index contributed by atoms with van der Waals surface area (Å²) >= 11 is 3.19. The lowest BCUT2D eigenvalue weighted by Gasteiger charge is -2.07. The standard InChI is InChI=1S/C9H12BrN3O4/c10-8-5-7(13(15)16)6-12-9(8)11-1-3-17-4-2-14/h5-6,14H,1-4H2,(H,11,12). The average Bonchev–Trinajstić information content (AvgIpc) is 2.30. The van der Waals surface area contributed by atoms with Crippen LogP contribution in [-0.4, -0.2) is 41.4 Å². The van der Waals surface area contributed by atoms with Crippen molar-refractivity contribution < 1.29 is 14.8 Å².